The lowest BCUT2D eigenvalue weighted by molar-refractivity contribution is -0.128. The highest BCUT2D eigenvalue weighted by molar-refractivity contribution is 5.81. The molecule has 0 aromatic heterocycles. The van der Waals surface area contributed by atoms with E-state index in [0.29, 0.717) is 0 Å². The summed E-state index contributed by atoms with van der Waals surface area (Å²) < 4.78 is 5.95. The van der Waals surface area contributed by atoms with Gasteiger partial charge in [-0.05, 0) is 92.8 Å². The Morgan fingerprint density at radius 3 is 2.48 bits per heavy atom. The summed E-state index contributed by atoms with van der Waals surface area (Å²) in [5, 5.41) is 3.15. The molecule has 0 spiro atoms. The minimum atomic E-state index is -0.521. The second-order valence-corrected chi connectivity index (χ2v) is 7.71. The minimum absolute atomic E-state index is 0.00591. The van der Waals surface area contributed by atoms with E-state index in [4.69, 9.17) is 4.74 Å². The zero-order valence-electron chi connectivity index (χ0n) is 17.0. The molecule has 2 aromatic rings. The molecule has 3 rings (SSSR count). The molecule has 27 heavy (non-hydrogen) atoms. The number of aryl methyl sites for hydroxylation is 4. The fourth-order valence-electron chi connectivity index (χ4n) is 3.73. The fourth-order valence-corrected chi connectivity index (χ4v) is 3.73. The van der Waals surface area contributed by atoms with Crippen molar-refractivity contribution < 1.29 is 9.53 Å². The summed E-state index contributed by atoms with van der Waals surface area (Å²) in [5.74, 6) is 0.718. The predicted octanol–water partition coefficient (Wildman–Crippen LogP) is 5.22. The largest absolute Gasteiger partial charge is 0.481 e. The van der Waals surface area contributed by atoms with Crippen LogP contribution in [0.4, 0.5) is 0 Å². The number of ether oxygens (including phenoxy) is 1. The van der Waals surface area contributed by atoms with E-state index in [-0.39, 0.29) is 11.9 Å². The Morgan fingerprint density at radius 1 is 1.04 bits per heavy atom. The molecule has 0 fully saturated rings. The van der Waals surface area contributed by atoms with Crippen LogP contribution in [0, 0.1) is 13.8 Å². The monoisotopic (exact) mass is 365 g/mol. The molecule has 0 heterocycles. The molecule has 1 aliphatic rings. The van der Waals surface area contributed by atoms with Gasteiger partial charge in [-0.2, -0.15) is 0 Å². The molecule has 1 N–H and O–H groups in total. The van der Waals surface area contributed by atoms with Gasteiger partial charge in [0.15, 0.2) is 6.10 Å². The third-order valence-electron chi connectivity index (χ3n) is 5.66. The predicted molar refractivity (Wildman–Crippen MR) is 110 cm³/mol. The van der Waals surface area contributed by atoms with Crippen molar-refractivity contribution in [3.63, 3.8) is 0 Å². The molecule has 0 saturated heterocycles. The zero-order valence-corrected chi connectivity index (χ0v) is 17.0. The highest BCUT2D eigenvalue weighted by atomic mass is 16.5. The van der Waals surface area contributed by atoms with E-state index in [2.05, 4.69) is 56.4 Å². The van der Waals surface area contributed by atoms with E-state index in [1.54, 1.807) is 0 Å². The van der Waals surface area contributed by atoms with Crippen LogP contribution < -0.4 is 10.1 Å². The second-order valence-electron chi connectivity index (χ2n) is 7.71. The number of amides is 1. The van der Waals surface area contributed by atoms with Crippen LogP contribution in [0.1, 0.15) is 67.0 Å². The van der Waals surface area contributed by atoms with Crippen LogP contribution in [-0.2, 0) is 17.6 Å². The molecular formula is C24H31NO2. The van der Waals surface area contributed by atoms with Crippen molar-refractivity contribution in [1.29, 1.82) is 0 Å². The molecule has 0 aliphatic heterocycles. The zero-order chi connectivity index (χ0) is 19.4. The van der Waals surface area contributed by atoms with E-state index < -0.39 is 6.10 Å². The first-order valence-corrected chi connectivity index (χ1v) is 10.1. The van der Waals surface area contributed by atoms with E-state index in [1.165, 1.54) is 35.1 Å². The first-order chi connectivity index (χ1) is 13.0. The molecule has 0 unspecified atom stereocenters. The fraction of sp³-hybridized carbons (Fsp3) is 0.458. The van der Waals surface area contributed by atoms with Crippen LogP contribution in [0.15, 0.2) is 36.4 Å². The van der Waals surface area contributed by atoms with Gasteiger partial charge in [0.25, 0.3) is 5.91 Å². The van der Waals surface area contributed by atoms with Gasteiger partial charge >= 0.3 is 0 Å². The summed E-state index contributed by atoms with van der Waals surface area (Å²) in [4.78, 5) is 12.7. The first-order valence-electron chi connectivity index (χ1n) is 10.1. The maximum absolute atomic E-state index is 12.7. The van der Waals surface area contributed by atoms with E-state index in [1.807, 2.05) is 13.0 Å². The topological polar surface area (TPSA) is 38.3 Å². The number of benzene rings is 2. The molecule has 3 nitrogen and oxygen atoms in total. The van der Waals surface area contributed by atoms with E-state index in [9.17, 15) is 4.79 Å². The smallest absolute Gasteiger partial charge is 0.261 e. The molecule has 144 valence electrons. The Morgan fingerprint density at radius 2 is 1.78 bits per heavy atom. The third kappa shape index (κ3) is 4.71. The van der Waals surface area contributed by atoms with Crippen molar-refractivity contribution in [3.05, 3.63) is 64.2 Å². The van der Waals surface area contributed by atoms with Crippen molar-refractivity contribution in [2.24, 2.45) is 0 Å². The maximum atomic E-state index is 12.7. The Balaban J connectivity index is 1.64. The summed E-state index contributed by atoms with van der Waals surface area (Å²) in [6, 6.07) is 12.6. The van der Waals surface area contributed by atoms with Crippen LogP contribution in [0.2, 0.25) is 0 Å². The van der Waals surface area contributed by atoms with Crippen LogP contribution in [-0.4, -0.2) is 12.0 Å². The van der Waals surface area contributed by atoms with Gasteiger partial charge in [0.05, 0.1) is 6.04 Å². The summed E-state index contributed by atoms with van der Waals surface area (Å²) in [7, 11) is 0. The molecular weight excluding hydrogens is 334 g/mol. The molecule has 3 heteroatoms. The number of hydrogen-bond acceptors (Lipinski definition) is 2. The number of fused-ring (bicyclic) bond motifs is 1. The highest BCUT2D eigenvalue weighted by Crippen LogP contribution is 2.26. The normalized spacial score (nSPS) is 15.6. The lowest BCUT2D eigenvalue weighted by Gasteiger charge is -2.22. The Labute approximate surface area is 163 Å². The Hall–Kier alpha value is -2.29. The van der Waals surface area contributed by atoms with Crippen molar-refractivity contribution in [3.8, 4) is 5.75 Å². The number of rotatable bonds is 6. The molecule has 2 aromatic carbocycles. The Kier molecular flexibility index (Phi) is 6.20. The molecule has 0 radical (unpaired) electrons. The van der Waals surface area contributed by atoms with Crippen molar-refractivity contribution in [2.45, 2.75) is 71.9 Å². The lowest BCUT2D eigenvalue weighted by atomic mass is 9.92. The highest BCUT2D eigenvalue weighted by Gasteiger charge is 2.20. The van der Waals surface area contributed by atoms with Gasteiger partial charge in [-0.15, -0.1) is 0 Å². The average molecular weight is 366 g/mol. The standard InChI is InChI=1S/C24H31NO2/c1-5-23(21-11-10-16(2)17(3)14-21)25-24(26)18(4)27-22-13-12-19-8-6-7-9-20(19)15-22/h10-15,18,23H,5-9H2,1-4H3,(H,25,26)/t18-,23+/m0/s1. The van der Waals surface area contributed by atoms with Crippen molar-refractivity contribution in [2.75, 3.05) is 0 Å². The second kappa shape index (κ2) is 8.60. The molecule has 0 bridgehead atoms. The SMILES string of the molecule is CC[C@@H](NC(=O)[C@H](C)Oc1ccc2c(c1)CCCC2)c1ccc(C)c(C)c1. The van der Waals surface area contributed by atoms with Gasteiger partial charge in [0, 0.05) is 0 Å². The molecule has 1 amide bonds. The first kappa shape index (κ1) is 19.5. The summed E-state index contributed by atoms with van der Waals surface area (Å²) in [6.45, 7) is 8.12. The van der Waals surface area contributed by atoms with E-state index in [0.717, 1.165) is 30.6 Å². The van der Waals surface area contributed by atoms with Gasteiger partial charge in [-0.25, -0.2) is 0 Å². The van der Waals surface area contributed by atoms with Crippen molar-refractivity contribution >= 4 is 5.91 Å². The number of carbonyl (C=O) groups excluding carboxylic acids is 1. The van der Waals surface area contributed by atoms with E-state index >= 15 is 0 Å². The van der Waals surface area contributed by atoms with Gasteiger partial charge in [-0.1, -0.05) is 31.2 Å². The summed E-state index contributed by atoms with van der Waals surface area (Å²) >= 11 is 0. The van der Waals surface area contributed by atoms with Crippen LogP contribution >= 0.6 is 0 Å². The molecule has 2 atom stereocenters. The lowest BCUT2D eigenvalue weighted by Crippen LogP contribution is -2.38. The van der Waals surface area contributed by atoms with Gasteiger partial charge in [0.2, 0.25) is 0 Å². The van der Waals surface area contributed by atoms with Crippen molar-refractivity contribution in [1.82, 2.24) is 5.32 Å². The van der Waals surface area contributed by atoms with Crippen LogP contribution in [0.3, 0.4) is 0 Å². The molecule has 0 saturated carbocycles. The average Bonchev–Trinajstić information content (AvgIpc) is 2.68. The number of nitrogens with one attached hydrogen (secondary N) is 1. The van der Waals surface area contributed by atoms with Crippen LogP contribution in [0.25, 0.3) is 0 Å². The summed E-state index contributed by atoms with van der Waals surface area (Å²) in [6.07, 6.45) is 5.09. The number of hydrogen-bond donors (Lipinski definition) is 1. The summed E-state index contributed by atoms with van der Waals surface area (Å²) in [5.41, 5.74) is 6.46. The minimum Gasteiger partial charge on any atom is -0.481 e. The van der Waals surface area contributed by atoms with Gasteiger partial charge in [-0.3, -0.25) is 4.79 Å². The van der Waals surface area contributed by atoms with Gasteiger partial charge < -0.3 is 10.1 Å². The number of carbonyl (C=O) groups is 1. The molecule has 1 aliphatic carbocycles. The maximum Gasteiger partial charge on any atom is 0.261 e. The Bertz CT molecular complexity index is 812. The quantitative estimate of drug-likeness (QED) is 0.762. The van der Waals surface area contributed by atoms with Crippen LogP contribution in [0.5, 0.6) is 5.75 Å². The third-order valence-corrected chi connectivity index (χ3v) is 5.66. The van der Waals surface area contributed by atoms with Gasteiger partial charge in [0.1, 0.15) is 5.75 Å².